The maximum Gasteiger partial charge on any atom is 0.317 e. The Labute approximate surface area is 322 Å². The maximum atomic E-state index is 12.5. The number of fused-ring (bicyclic) bond motifs is 3. The smallest absolute Gasteiger partial charge is 0.317 e. The number of para-hydroxylation sites is 1. The van der Waals surface area contributed by atoms with Crippen LogP contribution in [0.25, 0.3) is 22.3 Å². The zero-order valence-corrected chi connectivity index (χ0v) is 32.4. The van der Waals surface area contributed by atoms with Crippen LogP contribution < -0.4 is 9.80 Å². The number of nitrogens with one attached hydrogen (secondary N) is 1. The van der Waals surface area contributed by atoms with E-state index >= 15 is 0 Å². The lowest BCUT2D eigenvalue weighted by Gasteiger charge is -2.35. The minimum atomic E-state index is -0.432. The molecule has 0 bridgehead atoms. The summed E-state index contributed by atoms with van der Waals surface area (Å²) in [4.78, 5) is 33.1. The van der Waals surface area contributed by atoms with E-state index < -0.39 is 5.92 Å². The maximum absolute atomic E-state index is 12.5. The van der Waals surface area contributed by atoms with Gasteiger partial charge in [0, 0.05) is 66.7 Å². The van der Waals surface area contributed by atoms with Crippen molar-refractivity contribution < 1.29 is 19.2 Å². The number of phenols is 1. The third kappa shape index (κ3) is 7.63. The van der Waals surface area contributed by atoms with E-state index in [2.05, 4.69) is 42.0 Å². The number of anilines is 2. The Balaban J connectivity index is 0.815. The second-order valence-corrected chi connectivity index (χ2v) is 15.9. The third-order valence-electron chi connectivity index (χ3n) is 12.1. The molecule has 1 aromatic carbocycles. The summed E-state index contributed by atoms with van der Waals surface area (Å²) in [6.07, 6.45) is 10.7. The Morgan fingerprint density at radius 1 is 1.02 bits per heavy atom. The molecule has 7 heterocycles. The molecule has 8 rings (SSSR count). The number of carbonyl (C=O) groups excluding carboxylic acids is 1. The van der Waals surface area contributed by atoms with Crippen molar-refractivity contribution in [3.8, 4) is 17.0 Å². The lowest BCUT2D eigenvalue weighted by molar-refractivity contribution is -0.146. The van der Waals surface area contributed by atoms with Gasteiger partial charge in [-0.15, -0.1) is 10.2 Å². The summed E-state index contributed by atoms with van der Waals surface area (Å²) in [5.41, 5.74) is 5.67. The van der Waals surface area contributed by atoms with Crippen LogP contribution >= 0.6 is 0 Å². The van der Waals surface area contributed by atoms with E-state index in [1.54, 1.807) is 6.07 Å². The minimum Gasteiger partial charge on any atom is -0.507 e. The van der Waals surface area contributed by atoms with Crippen LogP contribution in [0.2, 0.25) is 0 Å². The average Bonchev–Trinajstić information content (AvgIpc) is 3.83. The van der Waals surface area contributed by atoms with Gasteiger partial charge in [-0.3, -0.25) is 4.79 Å². The molecule has 5 aromatic rings. The van der Waals surface area contributed by atoms with Gasteiger partial charge in [0.1, 0.15) is 11.7 Å². The van der Waals surface area contributed by atoms with Crippen LogP contribution in [-0.2, 0) is 16.0 Å². The number of esters is 1. The lowest BCUT2D eigenvalue weighted by Crippen LogP contribution is -2.37. The fraction of sp³-hybridized carbons (Fsp3) is 0.524. The van der Waals surface area contributed by atoms with Gasteiger partial charge in [-0.25, -0.2) is 9.97 Å². The average molecular weight is 748 g/mol. The van der Waals surface area contributed by atoms with Crippen molar-refractivity contribution in [3.63, 3.8) is 0 Å². The van der Waals surface area contributed by atoms with E-state index in [-0.39, 0.29) is 23.7 Å². The van der Waals surface area contributed by atoms with E-state index in [4.69, 9.17) is 19.2 Å². The molecule has 13 heteroatoms. The number of ether oxygens (including phenoxy) is 1. The summed E-state index contributed by atoms with van der Waals surface area (Å²) in [5.74, 6) is 2.93. The van der Waals surface area contributed by atoms with Crippen LogP contribution in [0.4, 0.5) is 11.8 Å². The number of H-pyrrole nitrogens is 1. The quantitative estimate of drug-likeness (QED) is 0.134. The molecule has 13 nitrogen and oxygen atoms in total. The van der Waals surface area contributed by atoms with Gasteiger partial charge >= 0.3 is 5.97 Å². The summed E-state index contributed by atoms with van der Waals surface area (Å²) in [5, 5.41) is 24.7. The highest BCUT2D eigenvalue weighted by Crippen LogP contribution is 2.39. The van der Waals surface area contributed by atoms with Crippen molar-refractivity contribution >= 4 is 28.8 Å². The number of hydrogen-bond donors (Lipinski definition) is 2. The molecule has 0 aliphatic carbocycles. The highest BCUT2D eigenvalue weighted by Gasteiger charge is 2.33. The Morgan fingerprint density at radius 2 is 1.78 bits per heavy atom. The summed E-state index contributed by atoms with van der Waals surface area (Å²) in [7, 11) is 0. The molecule has 4 aromatic heterocycles. The molecule has 2 atom stereocenters. The molecule has 3 aliphatic rings. The molecule has 0 saturated carbocycles. The topological polar surface area (TPSA) is 150 Å². The first-order valence-electron chi connectivity index (χ1n) is 20.1. The normalized spacial score (nSPS) is 19.3. The van der Waals surface area contributed by atoms with Crippen LogP contribution in [0, 0.1) is 11.8 Å². The number of carbonyl (C=O) groups is 1. The monoisotopic (exact) mass is 747 g/mol. The molecule has 1 unspecified atom stereocenters. The fourth-order valence-corrected chi connectivity index (χ4v) is 8.93. The van der Waals surface area contributed by atoms with Crippen molar-refractivity contribution in [3.05, 3.63) is 71.4 Å². The van der Waals surface area contributed by atoms with E-state index in [1.807, 2.05) is 63.5 Å². The van der Waals surface area contributed by atoms with E-state index in [1.165, 1.54) is 23.2 Å². The summed E-state index contributed by atoms with van der Waals surface area (Å²) in [6.45, 7) is 14.5. The molecule has 0 radical (unpaired) electrons. The highest BCUT2D eigenvalue weighted by molar-refractivity contribution is 5.86. The van der Waals surface area contributed by atoms with Crippen molar-refractivity contribution in [1.82, 2.24) is 35.2 Å². The van der Waals surface area contributed by atoms with Crippen molar-refractivity contribution in [1.29, 1.82) is 0 Å². The Kier molecular flexibility index (Phi) is 10.7. The number of aromatic hydroxyl groups is 1. The summed E-state index contributed by atoms with van der Waals surface area (Å²) >= 11 is 0. The number of aromatic nitrogens is 6. The number of nitrogens with zero attached hydrogens (tertiary/aromatic N) is 8. The van der Waals surface area contributed by atoms with Gasteiger partial charge in [0.2, 0.25) is 5.95 Å². The SMILES string of the molecule is CCOC(=O)C(c1cc(N2CCC(CCN3CCC(c4cnc(N5CCc6[nH]c7nnc(-c8ccccc8O)cc7c6[C@@H]5C)nc4)CC3)CC2)no1)C(C)C. The predicted octanol–water partition coefficient (Wildman–Crippen LogP) is 7.02. The molecule has 2 saturated heterocycles. The van der Waals surface area contributed by atoms with Crippen LogP contribution in [0.3, 0.4) is 0 Å². The predicted molar refractivity (Wildman–Crippen MR) is 211 cm³/mol. The zero-order chi connectivity index (χ0) is 38.1. The molecule has 55 heavy (non-hydrogen) atoms. The lowest BCUT2D eigenvalue weighted by atomic mass is 9.90. The third-order valence-corrected chi connectivity index (χ3v) is 12.1. The summed E-state index contributed by atoms with van der Waals surface area (Å²) in [6, 6.07) is 11.3. The molecule has 2 N–H and O–H groups in total. The second kappa shape index (κ2) is 16.0. The van der Waals surface area contributed by atoms with Crippen molar-refractivity contribution in [2.45, 2.75) is 84.1 Å². The van der Waals surface area contributed by atoms with Gasteiger partial charge in [-0.2, -0.15) is 0 Å². The van der Waals surface area contributed by atoms with E-state index in [0.29, 0.717) is 35.5 Å². The fourth-order valence-electron chi connectivity index (χ4n) is 8.93. The van der Waals surface area contributed by atoms with Crippen LogP contribution in [0.15, 0.2) is 53.3 Å². The molecule has 0 spiro atoms. The second-order valence-electron chi connectivity index (χ2n) is 15.9. The number of piperidine rings is 2. The van der Waals surface area contributed by atoms with Gasteiger partial charge in [0.05, 0.1) is 18.3 Å². The highest BCUT2D eigenvalue weighted by atomic mass is 16.5. The summed E-state index contributed by atoms with van der Waals surface area (Å²) < 4.78 is 11.0. The standard InChI is InChI=1S/C42H53N9O4/c1-5-54-41(53)38(26(2)3)36-23-37(48-55-36)50-19-11-28(12-20-50)10-16-49-17-13-29(14-18-49)30-24-43-42(44-25-30)51-21-15-33-39(27(51)4)32-22-34(46-47-40(32)45-33)31-8-6-7-9-35(31)52/h6-9,22-29,38,52H,5,10-21H2,1-4H3,(H,45,47)/t27-,38?/m0/s1. The minimum absolute atomic E-state index is 0.0516. The number of rotatable bonds is 11. The Morgan fingerprint density at radius 3 is 2.51 bits per heavy atom. The molecular formula is C42H53N9O4. The first-order valence-corrected chi connectivity index (χ1v) is 20.1. The van der Waals surface area contributed by atoms with Gasteiger partial charge in [-0.1, -0.05) is 31.1 Å². The Hall–Kier alpha value is -5.04. The van der Waals surface area contributed by atoms with Gasteiger partial charge in [0.15, 0.2) is 17.2 Å². The molecule has 3 aliphatic heterocycles. The first-order chi connectivity index (χ1) is 26.8. The molecule has 2 fully saturated rings. The van der Waals surface area contributed by atoms with E-state index in [9.17, 15) is 9.90 Å². The van der Waals surface area contributed by atoms with Crippen molar-refractivity contribution in [2.24, 2.45) is 11.8 Å². The van der Waals surface area contributed by atoms with Crippen molar-refractivity contribution in [2.75, 3.05) is 55.7 Å². The van der Waals surface area contributed by atoms with Gasteiger partial charge in [-0.05, 0) is 107 Å². The number of benzene rings is 1. The number of likely N-dealkylation sites (tertiary alicyclic amines) is 1. The Bertz CT molecular complexity index is 2080. The molecule has 0 amide bonds. The number of hydrogen-bond acceptors (Lipinski definition) is 12. The molecular weight excluding hydrogens is 695 g/mol. The van der Waals surface area contributed by atoms with Crippen LogP contribution in [-0.4, -0.2) is 92.2 Å². The van der Waals surface area contributed by atoms with Gasteiger partial charge < -0.3 is 34.1 Å². The van der Waals surface area contributed by atoms with Gasteiger partial charge in [0.25, 0.3) is 0 Å². The number of aromatic amines is 1. The number of phenolic OH excluding ortho intramolecular Hbond substituents is 1. The molecule has 290 valence electrons. The van der Waals surface area contributed by atoms with Crippen LogP contribution in [0.5, 0.6) is 5.75 Å². The zero-order valence-electron chi connectivity index (χ0n) is 32.4. The first kappa shape index (κ1) is 36.9. The van der Waals surface area contributed by atoms with Crippen LogP contribution in [0.1, 0.15) is 100 Å². The van der Waals surface area contributed by atoms with E-state index in [0.717, 1.165) is 94.2 Å². The largest absolute Gasteiger partial charge is 0.507 e.